The Morgan fingerprint density at radius 1 is 0.909 bits per heavy atom. The topological polar surface area (TPSA) is 96.5 Å². The number of nitrogens with zero attached hydrogens (tertiary/aromatic N) is 3. The summed E-state index contributed by atoms with van der Waals surface area (Å²) in [6, 6.07) is 14.9. The zero-order valence-corrected chi connectivity index (χ0v) is 19.2. The number of carbonyl (C=O) groups excluding carboxylic acids is 2. The molecular weight excluding hydrogens is 418 g/mol. The van der Waals surface area contributed by atoms with E-state index in [0.29, 0.717) is 17.1 Å². The zero-order valence-electron chi connectivity index (χ0n) is 19.2. The molecule has 0 unspecified atom stereocenters. The first-order chi connectivity index (χ1) is 15.9. The van der Waals surface area contributed by atoms with Crippen LogP contribution in [0.1, 0.15) is 46.4 Å². The molecule has 0 radical (unpaired) electrons. The Balaban J connectivity index is 1.34. The second-order valence-corrected chi connectivity index (χ2v) is 8.52. The monoisotopic (exact) mass is 447 g/mol. The molecule has 2 aromatic carbocycles. The molecule has 0 spiro atoms. The van der Waals surface area contributed by atoms with Crippen LogP contribution in [0.3, 0.4) is 0 Å². The molecule has 0 bridgehead atoms. The number of esters is 1. The molecule has 3 aromatic rings. The average molecular weight is 448 g/mol. The number of nitrogens with one attached hydrogen (secondary N) is 2. The zero-order chi connectivity index (χ0) is 23.4. The first kappa shape index (κ1) is 22.5. The molecule has 1 aromatic heterocycles. The van der Waals surface area contributed by atoms with E-state index in [1.165, 1.54) is 7.11 Å². The van der Waals surface area contributed by atoms with Crippen LogP contribution < -0.4 is 15.5 Å². The summed E-state index contributed by atoms with van der Waals surface area (Å²) in [7, 11) is 5.30. The lowest BCUT2D eigenvalue weighted by Crippen LogP contribution is -2.40. The molecule has 33 heavy (non-hydrogen) atoms. The van der Waals surface area contributed by atoms with E-state index >= 15 is 0 Å². The maximum atomic E-state index is 12.6. The van der Waals surface area contributed by atoms with Gasteiger partial charge in [0.15, 0.2) is 0 Å². The molecule has 1 aliphatic rings. The van der Waals surface area contributed by atoms with Gasteiger partial charge < -0.3 is 20.3 Å². The van der Waals surface area contributed by atoms with Gasteiger partial charge in [0.25, 0.3) is 5.91 Å². The van der Waals surface area contributed by atoms with Crippen molar-refractivity contribution < 1.29 is 14.3 Å². The molecular formula is C25H29N5O3. The highest BCUT2D eigenvalue weighted by atomic mass is 16.5. The van der Waals surface area contributed by atoms with E-state index in [-0.39, 0.29) is 18.0 Å². The minimum absolute atomic E-state index is 0.116. The fourth-order valence-corrected chi connectivity index (χ4v) is 4.17. The number of rotatable bonds is 6. The second kappa shape index (κ2) is 9.85. The molecule has 1 heterocycles. The summed E-state index contributed by atoms with van der Waals surface area (Å²) >= 11 is 0. The molecule has 1 amide bonds. The van der Waals surface area contributed by atoms with Crippen LogP contribution in [0.15, 0.2) is 48.5 Å². The van der Waals surface area contributed by atoms with Crippen molar-refractivity contribution in [2.45, 2.75) is 37.8 Å². The Morgan fingerprint density at radius 2 is 1.55 bits per heavy atom. The molecule has 2 N–H and O–H groups in total. The number of hydrogen-bond donors (Lipinski definition) is 2. The standard InChI is InChI=1S/C25H29N5O3/c1-30(2)22-20-6-4-5-7-21(20)28-25(29-22)27-19-14-12-18(13-15-19)26-23(31)16-8-10-17(11-9-16)24(32)33-3/h4-11,18-19H,12-15H2,1-3H3,(H,26,31)(H,27,28,29)/t18-,19+. The van der Waals surface area contributed by atoms with Gasteiger partial charge in [0.05, 0.1) is 18.2 Å². The van der Waals surface area contributed by atoms with Crippen LogP contribution in [0.4, 0.5) is 11.8 Å². The molecule has 8 heteroatoms. The highest BCUT2D eigenvalue weighted by Gasteiger charge is 2.24. The van der Waals surface area contributed by atoms with Gasteiger partial charge >= 0.3 is 5.97 Å². The molecule has 1 aliphatic carbocycles. The molecule has 1 saturated carbocycles. The number of fused-ring (bicyclic) bond motifs is 1. The number of ether oxygens (including phenoxy) is 1. The van der Waals surface area contributed by atoms with Crippen molar-refractivity contribution in [3.05, 3.63) is 59.7 Å². The predicted octanol–water partition coefficient (Wildman–Crippen LogP) is 3.64. The van der Waals surface area contributed by atoms with Gasteiger partial charge in [0.1, 0.15) is 5.82 Å². The van der Waals surface area contributed by atoms with E-state index in [9.17, 15) is 9.59 Å². The molecule has 1 fully saturated rings. The summed E-state index contributed by atoms with van der Waals surface area (Å²) in [4.78, 5) is 35.6. The van der Waals surface area contributed by atoms with Crippen LogP contribution in [0.5, 0.6) is 0 Å². The van der Waals surface area contributed by atoms with Crippen molar-refractivity contribution in [3.8, 4) is 0 Å². The van der Waals surface area contributed by atoms with Crippen LogP contribution in [0.2, 0.25) is 0 Å². The average Bonchev–Trinajstić information content (AvgIpc) is 2.84. The lowest BCUT2D eigenvalue weighted by molar-refractivity contribution is 0.0600. The molecule has 0 aliphatic heterocycles. The van der Waals surface area contributed by atoms with Gasteiger partial charge in [-0.25, -0.2) is 9.78 Å². The minimum Gasteiger partial charge on any atom is -0.465 e. The number of para-hydroxylation sites is 1. The molecule has 0 saturated heterocycles. The van der Waals surface area contributed by atoms with E-state index in [4.69, 9.17) is 14.7 Å². The Kier molecular flexibility index (Phi) is 6.72. The summed E-state index contributed by atoms with van der Waals surface area (Å²) in [6.07, 6.45) is 3.58. The van der Waals surface area contributed by atoms with Gasteiger partial charge in [-0.15, -0.1) is 0 Å². The summed E-state index contributed by atoms with van der Waals surface area (Å²) in [5.74, 6) is 0.982. The fourth-order valence-electron chi connectivity index (χ4n) is 4.17. The number of aromatic nitrogens is 2. The van der Waals surface area contributed by atoms with Crippen molar-refractivity contribution in [1.82, 2.24) is 15.3 Å². The SMILES string of the molecule is COC(=O)c1ccc(C(=O)N[C@H]2CC[C@@H](Nc3nc(N(C)C)c4ccccc4n3)CC2)cc1. The van der Waals surface area contributed by atoms with Gasteiger partial charge in [-0.3, -0.25) is 4.79 Å². The smallest absolute Gasteiger partial charge is 0.337 e. The summed E-state index contributed by atoms with van der Waals surface area (Å²) < 4.78 is 4.69. The van der Waals surface area contributed by atoms with Crippen molar-refractivity contribution in [3.63, 3.8) is 0 Å². The van der Waals surface area contributed by atoms with Crippen LogP contribution in [0, 0.1) is 0 Å². The maximum absolute atomic E-state index is 12.6. The summed E-state index contributed by atoms with van der Waals surface area (Å²) in [6.45, 7) is 0. The largest absolute Gasteiger partial charge is 0.465 e. The molecule has 0 atom stereocenters. The van der Waals surface area contributed by atoms with Gasteiger partial charge in [-0.05, 0) is 62.1 Å². The second-order valence-electron chi connectivity index (χ2n) is 8.52. The van der Waals surface area contributed by atoms with E-state index in [2.05, 4.69) is 10.6 Å². The number of hydrogen-bond acceptors (Lipinski definition) is 7. The van der Waals surface area contributed by atoms with Crippen LogP contribution in [-0.2, 0) is 4.74 Å². The minimum atomic E-state index is -0.416. The number of methoxy groups -OCH3 is 1. The van der Waals surface area contributed by atoms with Crippen molar-refractivity contribution in [2.75, 3.05) is 31.4 Å². The van der Waals surface area contributed by atoms with E-state index in [1.54, 1.807) is 24.3 Å². The Labute approximate surface area is 193 Å². The number of carbonyl (C=O) groups is 2. The van der Waals surface area contributed by atoms with E-state index < -0.39 is 5.97 Å². The first-order valence-electron chi connectivity index (χ1n) is 11.1. The molecule has 8 nitrogen and oxygen atoms in total. The fraction of sp³-hybridized carbons (Fsp3) is 0.360. The third-order valence-corrected chi connectivity index (χ3v) is 5.97. The third kappa shape index (κ3) is 5.22. The molecule has 172 valence electrons. The van der Waals surface area contributed by atoms with Crippen LogP contribution >= 0.6 is 0 Å². The van der Waals surface area contributed by atoms with Crippen molar-refractivity contribution in [2.24, 2.45) is 0 Å². The quantitative estimate of drug-likeness (QED) is 0.557. The van der Waals surface area contributed by atoms with Gasteiger partial charge in [-0.2, -0.15) is 4.98 Å². The Morgan fingerprint density at radius 3 is 2.21 bits per heavy atom. The lowest BCUT2D eigenvalue weighted by atomic mass is 9.91. The highest BCUT2D eigenvalue weighted by Crippen LogP contribution is 2.26. The van der Waals surface area contributed by atoms with Gasteiger partial charge in [0, 0.05) is 37.1 Å². The predicted molar refractivity (Wildman–Crippen MR) is 129 cm³/mol. The maximum Gasteiger partial charge on any atom is 0.337 e. The Hall–Kier alpha value is -3.68. The third-order valence-electron chi connectivity index (χ3n) is 5.97. The highest BCUT2D eigenvalue weighted by molar-refractivity contribution is 5.96. The van der Waals surface area contributed by atoms with E-state index in [1.807, 2.05) is 43.3 Å². The Bertz CT molecular complexity index is 1140. The summed E-state index contributed by atoms with van der Waals surface area (Å²) in [5.41, 5.74) is 1.87. The first-order valence-corrected chi connectivity index (χ1v) is 11.1. The van der Waals surface area contributed by atoms with Crippen molar-refractivity contribution in [1.29, 1.82) is 0 Å². The number of anilines is 2. The van der Waals surface area contributed by atoms with Gasteiger partial charge in [-0.1, -0.05) is 12.1 Å². The summed E-state index contributed by atoms with van der Waals surface area (Å²) in [5, 5.41) is 7.63. The lowest BCUT2D eigenvalue weighted by Gasteiger charge is -2.30. The van der Waals surface area contributed by atoms with Crippen molar-refractivity contribution >= 4 is 34.5 Å². The van der Waals surface area contributed by atoms with Crippen LogP contribution in [0.25, 0.3) is 10.9 Å². The normalized spacial score (nSPS) is 17.9. The van der Waals surface area contributed by atoms with Crippen LogP contribution in [-0.4, -0.2) is 55.1 Å². The molecule has 4 rings (SSSR count). The number of benzene rings is 2. The number of amides is 1. The van der Waals surface area contributed by atoms with E-state index in [0.717, 1.165) is 42.4 Å². The van der Waals surface area contributed by atoms with Gasteiger partial charge in [0.2, 0.25) is 5.95 Å².